The monoisotopic (exact) mass is 394 g/mol. The zero-order chi connectivity index (χ0) is 19.6. The normalized spacial score (nSPS) is 19.7. The Balaban J connectivity index is 1.85. The van der Waals surface area contributed by atoms with E-state index in [9.17, 15) is 0 Å². The van der Waals surface area contributed by atoms with Gasteiger partial charge < -0.3 is 9.47 Å². The van der Waals surface area contributed by atoms with Crippen molar-refractivity contribution >= 4 is 34.1 Å². The summed E-state index contributed by atoms with van der Waals surface area (Å²) in [5.74, 6) is 1.68. The highest BCUT2D eigenvalue weighted by atomic mass is 32.1. The smallest absolute Gasteiger partial charge is 0.152 e. The SMILES string of the molecule is C=C/C=c1\c(=C)sc2ccc3c(c12)C1(OCc2ccccc21)c1ccccc1O3. The third kappa shape index (κ3) is 2.09. The van der Waals surface area contributed by atoms with Crippen molar-refractivity contribution in [3.05, 3.63) is 105 Å². The van der Waals surface area contributed by atoms with Crippen molar-refractivity contribution in [1.82, 2.24) is 0 Å². The van der Waals surface area contributed by atoms with Gasteiger partial charge in [-0.1, -0.05) is 67.8 Å². The van der Waals surface area contributed by atoms with E-state index in [1.807, 2.05) is 24.3 Å². The van der Waals surface area contributed by atoms with Crippen molar-refractivity contribution in [2.24, 2.45) is 0 Å². The maximum Gasteiger partial charge on any atom is 0.152 e. The third-order valence-corrected chi connectivity index (χ3v) is 6.92. The number of hydrogen-bond donors (Lipinski definition) is 0. The van der Waals surface area contributed by atoms with Gasteiger partial charge in [-0.2, -0.15) is 0 Å². The van der Waals surface area contributed by atoms with Crippen LogP contribution < -0.4 is 14.5 Å². The fraction of sp³-hybridized carbons (Fsp3) is 0.0769. The Morgan fingerprint density at radius 2 is 1.72 bits per heavy atom. The summed E-state index contributed by atoms with van der Waals surface area (Å²) in [7, 11) is 0. The second-order valence-electron chi connectivity index (χ2n) is 7.38. The van der Waals surface area contributed by atoms with Crippen LogP contribution in [-0.2, 0) is 16.9 Å². The van der Waals surface area contributed by atoms with Crippen LogP contribution in [0.5, 0.6) is 11.5 Å². The Morgan fingerprint density at radius 1 is 0.931 bits per heavy atom. The van der Waals surface area contributed by atoms with Crippen molar-refractivity contribution in [1.29, 1.82) is 0 Å². The molecule has 0 fully saturated rings. The van der Waals surface area contributed by atoms with Gasteiger partial charge in [-0.05, 0) is 29.3 Å². The standard InChI is InChI=1S/C26H18O2S/c1-3-8-18-16(2)29-23-14-13-22-25(24(18)23)26(20-11-6-7-12-21(20)28-22)19-10-5-4-9-17(19)15-27-26/h3-14H,1-2,15H2/b18-8+. The van der Waals surface area contributed by atoms with Gasteiger partial charge in [-0.15, -0.1) is 11.3 Å². The predicted octanol–water partition coefficient (Wildman–Crippen LogP) is 5.21. The molecule has 0 bridgehead atoms. The number of ether oxygens (including phenoxy) is 2. The van der Waals surface area contributed by atoms with Crippen molar-refractivity contribution in [3.8, 4) is 11.5 Å². The Bertz CT molecular complexity index is 1430. The molecule has 0 N–H and O–H groups in total. The Kier molecular flexibility index (Phi) is 3.43. The number of para-hydroxylation sites is 1. The molecule has 3 aromatic carbocycles. The Hall–Kier alpha value is -3.14. The van der Waals surface area contributed by atoms with Gasteiger partial charge in [0, 0.05) is 31.0 Å². The minimum Gasteiger partial charge on any atom is -0.456 e. The molecule has 2 aliphatic heterocycles. The molecule has 29 heavy (non-hydrogen) atoms. The molecule has 3 heteroatoms. The van der Waals surface area contributed by atoms with Crippen LogP contribution in [0, 0.1) is 0 Å². The van der Waals surface area contributed by atoms with Crippen LogP contribution in [0.1, 0.15) is 22.3 Å². The number of benzene rings is 3. The molecule has 140 valence electrons. The van der Waals surface area contributed by atoms with E-state index in [1.165, 1.54) is 15.8 Å². The summed E-state index contributed by atoms with van der Waals surface area (Å²) in [6.07, 6.45) is 3.86. The highest BCUT2D eigenvalue weighted by molar-refractivity contribution is 7.17. The predicted molar refractivity (Wildman–Crippen MR) is 119 cm³/mol. The average molecular weight is 394 g/mol. The lowest BCUT2D eigenvalue weighted by atomic mass is 9.76. The lowest BCUT2D eigenvalue weighted by Gasteiger charge is -2.37. The molecule has 0 amide bonds. The number of fused-ring (bicyclic) bond motifs is 8. The van der Waals surface area contributed by atoms with Crippen molar-refractivity contribution in [2.45, 2.75) is 12.2 Å². The minimum absolute atomic E-state index is 0.572. The zero-order valence-electron chi connectivity index (χ0n) is 15.8. The van der Waals surface area contributed by atoms with Crippen LogP contribution in [0.3, 0.4) is 0 Å². The van der Waals surface area contributed by atoms with Gasteiger partial charge in [0.2, 0.25) is 0 Å². The van der Waals surface area contributed by atoms with Crippen LogP contribution in [0.2, 0.25) is 0 Å². The molecule has 6 rings (SSSR count). The molecular formula is C26H18O2S. The minimum atomic E-state index is -0.697. The van der Waals surface area contributed by atoms with Crippen LogP contribution in [0.15, 0.2) is 73.3 Å². The fourth-order valence-corrected chi connectivity index (χ4v) is 5.75. The summed E-state index contributed by atoms with van der Waals surface area (Å²) in [6, 6.07) is 20.9. The van der Waals surface area contributed by atoms with E-state index in [4.69, 9.17) is 9.47 Å². The van der Waals surface area contributed by atoms with E-state index in [2.05, 4.69) is 61.7 Å². The van der Waals surface area contributed by atoms with Gasteiger partial charge in [0.25, 0.3) is 0 Å². The Morgan fingerprint density at radius 3 is 2.59 bits per heavy atom. The third-order valence-electron chi connectivity index (χ3n) is 5.90. The van der Waals surface area contributed by atoms with Gasteiger partial charge in [-0.25, -0.2) is 0 Å². The highest BCUT2D eigenvalue weighted by Crippen LogP contribution is 2.57. The van der Waals surface area contributed by atoms with Gasteiger partial charge >= 0.3 is 0 Å². The second kappa shape index (κ2) is 5.93. The Labute approximate surface area is 172 Å². The molecule has 1 atom stereocenters. The molecule has 0 saturated heterocycles. The summed E-state index contributed by atoms with van der Waals surface area (Å²) in [5, 5.41) is 2.23. The van der Waals surface area contributed by atoms with Crippen LogP contribution >= 0.6 is 11.3 Å². The molecule has 1 unspecified atom stereocenters. The van der Waals surface area contributed by atoms with E-state index in [1.54, 1.807) is 11.3 Å². The van der Waals surface area contributed by atoms with Gasteiger partial charge in [-0.3, -0.25) is 0 Å². The molecular weight excluding hydrogens is 376 g/mol. The van der Waals surface area contributed by atoms with Crippen LogP contribution in [0.4, 0.5) is 0 Å². The summed E-state index contributed by atoms with van der Waals surface area (Å²) in [5.41, 5.74) is 3.82. The quantitative estimate of drug-likeness (QED) is 0.441. The van der Waals surface area contributed by atoms with E-state index in [0.717, 1.165) is 37.8 Å². The zero-order valence-corrected chi connectivity index (χ0v) is 16.6. The first-order valence-corrected chi connectivity index (χ1v) is 10.4. The van der Waals surface area contributed by atoms with Crippen LogP contribution in [0.25, 0.3) is 22.7 Å². The molecule has 1 aromatic heterocycles. The highest BCUT2D eigenvalue weighted by Gasteiger charge is 2.50. The first kappa shape index (κ1) is 16.8. The summed E-state index contributed by atoms with van der Waals surface area (Å²) in [4.78, 5) is 0. The van der Waals surface area contributed by atoms with E-state index in [-0.39, 0.29) is 0 Å². The van der Waals surface area contributed by atoms with Gasteiger partial charge in [0.15, 0.2) is 5.60 Å². The van der Waals surface area contributed by atoms with E-state index >= 15 is 0 Å². The summed E-state index contributed by atoms with van der Waals surface area (Å²) < 4.78 is 15.3. The number of allylic oxidation sites excluding steroid dienone is 1. The number of thiophene rings is 1. The molecule has 4 aromatic rings. The van der Waals surface area contributed by atoms with E-state index in [0.29, 0.717) is 6.61 Å². The topological polar surface area (TPSA) is 18.5 Å². The molecule has 0 saturated carbocycles. The lowest BCUT2D eigenvalue weighted by Crippen LogP contribution is -2.34. The summed E-state index contributed by atoms with van der Waals surface area (Å²) >= 11 is 1.70. The van der Waals surface area contributed by atoms with E-state index < -0.39 is 5.60 Å². The van der Waals surface area contributed by atoms with Crippen LogP contribution in [-0.4, -0.2) is 0 Å². The molecule has 1 spiro atoms. The first-order valence-electron chi connectivity index (χ1n) is 9.61. The molecule has 0 aliphatic carbocycles. The average Bonchev–Trinajstić information content (AvgIpc) is 3.28. The maximum atomic E-state index is 6.72. The van der Waals surface area contributed by atoms with Crippen molar-refractivity contribution in [2.75, 3.05) is 0 Å². The lowest BCUT2D eigenvalue weighted by molar-refractivity contribution is 0.0211. The molecule has 2 nitrogen and oxygen atoms in total. The fourth-order valence-electron chi connectivity index (χ4n) is 4.76. The number of rotatable bonds is 1. The maximum absolute atomic E-state index is 6.72. The molecule has 0 radical (unpaired) electrons. The summed E-state index contributed by atoms with van der Waals surface area (Å²) in [6.45, 7) is 8.77. The molecule has 3 heterocycles. The number of hydrogen-bond acceptors (Lipinski definition) is 3. The van der Waals surface area contributed by atoms with Crippen molar-refractivity contribution < 1.29 is 9.47 Å². The molecule has 2 aliphatic rings. The second-order valence-corrected chi connectivity index (χ2v) is 8.52. The van der Waals surface area contributed by atoms with Gasteiger partial charge in [0.1, 0.15) is 11.5 Å². The van der Waals surface area contributed by atoms with Gasteiger partial charge in [0.05, 0.1) is 6.61 Å². The first-order chi connectivity index (χ1) is 14.2. The van der Waals surface area contributed by atoms with Crippen molar-refractivity contribution in [3.63, 3.8) is 0 Å². The largest absolute Gasteiger partial charge is 0.456 e.